The predicted molar refractivity (Wildman–Crippen MR) is 80.3 cm³/mol. The Kier molecular flexibility index (Phi) is 3.60. The van der Waals surface area contributed by atoms with Crippen molar-refractivity contribution in [1.82, 2.24) is 24.7 Å². The van der Waals surface area contributed by atoms with E-state index in [9.17, 15) is 0 Å². The van der Waals surface area contributed by atoms with E-state index in [1.165, 1.54) is 0 Å². The fourth-order valence-electron chi connectivity index (χ4n) is 2.00. The Hall–Kier alpha value is -2.02. The largest absolute Gasteiger partial charge is 0.376 e. The van der Waals surface area contributed by atoms with Gasteiger partial charge in [-0.15, -0.1) is 10.2 Å². The maximum Gasteiger partial charge on any atom is 0.152 e. The zero-order valence-electron chi connectivity index (χ0n) is 10.9. The Bertz CT molecular complexity index is 739. The summed E-state index contributed by atoms with van der Waals surface area (Å²) >= 11 is 3.40. The van der Waals surface area contributed by atoms with Crippen LogP contribution in [0.15, 0.2) is 35.3 Å². The van der Waals surface area contributed by atoms with Crippen molar-refractivity contribution in [2.45, 2.75) is 20.0 Å². The highest BCUT2D eigenvalue weighted by Crippen LogP contribution is 2.22. The molecule has 3 heterocycles. The van der Waals surface area contributed by atoms with E-state index in [1.807, 2.05) is 16.7 Å². The lowest BCUT2D eigenvalue weighted by Crippen LogP contribution is -2.08. The normalized spacial score (nSPS) is 10.9. The summed E-state index contributed by atoms with van der Waals surface area (Å²) in [5, 5.41) is 11.4. The summed E-state index contributed by atoms with van der Waals surface area (Å²) in [5.74, 6) is 0.898. The molecule has 6 nitrogen and oxygen atoms in total. The summed E-state index contributed by atoms with van der Waals surface area (Å²) in [7, 11) is 0. The molecular formula is C13H13BrN6. The standard InChI is InChI=1S/C13H13BrN6/c1-2-20-8-18-19-12(20)7-16-10-3-4-15-11-5-9(14)6-17-13(10)11/h3-6,8H,2,7H2,1H3,(H,15,16). The summed E-state index contributed by atoms with van der Waals surface area (Å²) in [6.07, 6.45) is 5.27. The lowest BCUT2D eigenvalue weighted by atomic mass is 10.3. The van der Waals surface area contributed by atoms with Crippen LogP contribution in [0.25, 0.3) is 11.0 Å². The molecule has 0 spiro atoms. The van der Waals surface area contributed by atoms with Crippen molar-refractivity contribution < 1.29 is 0 Å². The summed E-state index contributed by atoms with van der Waals surface area (Å²) in [4.78, 5) is 8.72. The van der Waals surface area contributed by atoms with Gasteiger partial charge in [0.05, 0.1) is 17.7 Å². The van der Waals surface area contributed by atoms with Crippen LogP contribution in [0, 0.1) is 0 Å². The highest BCUT2D eigenvalue weighted by atomic mass is 79.9. The lowest BCUT2D eigenvalue weighted by molar-refractivity contribution is 0.708. The number of halogens is 1. The van der Waals surface area contributed by atoms with Crippen molar-refractivity contribution >= 4 is 32.7 Å². The van der Waals surface area contributed by atoms with Crippen LogP contribution in [0.4, 0.5) is 5.69 Å². The van der Waals surface area contributed by atoms with E-state index in [1.54, 1.807) is 18.7 Å². The van der Waals surface area contributed by atoms with E-state index in [0.29, 0.717) is 6.54 Å². The highest BCUT2D eigenvalue weighted by molar-refractivity contribution is 9.10. The minimum absolute atomic E-state index is 0.602. The van der Waals surface area contributed by atoms with Gasteiger partial charge in [-0.05, 0) is 35.0 Å². The zero-order chi connectivity index (χ0) is 13.9. The van der Waals surface area contributed by atoms with Gasteiger partial charge < -0.3 is 9.88 Å². The van der Waals surface area contributed by atoms with Crippen LogP contribution in [0.2, 0.25) is 0 Å². The molecule has 0 saturated carbocycles. The molecule has 7 heteroatoms. The van der Waals surface area contributed by atoms with Crippen LogP contribution in [0.5, 0.6) is 0 Å². The number of anilines is 1. The van der Waals surface area contributed by atoms with Crippen LogP contribution in [0.1, 0.15) is 12.7 Å². The van der Waals surface area contributed by atoms with E-state index >= 15 is 0 Å². The van der Waals surface area contributed by atoms with Gasteiger partial charge in [-0.2, -0.15) is 0 Å². The molecule has 0 aliphatic heterocycles. The summed E-state index contributed by atoms with van der Waals surface area (Å²) in [6, 6.07) is 3.86. The van der Waals surface area contributed by atoms with Crippen molar-refractivity contribution in [1.29, 1.82) is 0 Å². The Labute approximate surface area is 124 Å². The number of aryl methyl sites for hydroxylation is 1. The molecule has 0 unspecified atom stereocenters. The number of aromatic nitrogens is 5. The van der Waals surface area contributed by atoms with Gasteiger partial charge in [-0.1, -0.05) is 0 Å². The maximum absolute atomic E-state index is 4.41. The number of nitrogens with zero attached hydrogens (tertiary/aromatic N) is 5. The smallest absolute Gasteiger partial charge is 0.152 e. The van der Waals surface area contributed by atoms with Crippen LogP contribution in [-0.2, 0) is 13.1 Å². The van der Waals surface area contributed by atoms with Crippen molar-refractivity contribution in [3.05, 3.63) is 41.2 Å². The first kappa shape index (κ1) is 13.0. The van der Waals surface area contributed by atoms with Crippen molar-refractivity contribution in [3.8, 4) is 0 Å². The monoisotopic (exact) mass is 332 g/mol. The summed E-state index contributed by atoms with van der Waals surface area (Å²) in [5.41, 5.74) is 2.63. The molecule has 0 saturated heterocycles. The van der Waals surface area contributed by atoms with Gasteiger partial charge in [0.2, 0.25) is 0 Å². The van der Waals surface area contributed by atoms with Gasteiger partial charge in [0.15, 0.2) is 5.82 Å². The number of rotatable bonds is 4. The summed E-state index contributed by atoms with van der Waals surface area (Å²) in [6.45, 7) is 3.52. The third-order valence-electron chi connectivity index (χ3n) is 3.02. The molecule has 0 atom stereocenters. The van der Waals surface area contributed by atoms with Crippen LogP contribution >= 0.6 is 15.9 Å². The maximum atomic E-state index is 4.41. The summed E-state index contributed by atoms with van der Waals surface area (Å²) < 4.78 is 2.92. The molecule has 3 rings (SSSR count). The fraction of sp³-hybridized carbons (Fsp3) is 0.231. The minimum atomic E-state index is 0.602. The van der Waals surface area contributed by atoms with Gasteiger partial charge in [0.25, 0.3) is 0 Å². The van der Waals surface area contributed by atoms with E-state index in [-0.39, 0.29) is 0 Å². The van der Waals surface area contributed by atoms with E-state index in [4.69, 9.17) is 0 Å². The number of fused-ring (bicyclic) bond motifs is 1. The second-order valence-electron chi connectivity index (χ2n) is 4.27. The number of hydrogen-bond acceptors (Lipinski definition) is 5. The molecule has 0 amide bonds. The second kappa shape index (κ2) is 5.54. The van der Waals surface area contributed by atoms with Crippen molar-refractivity contribution in [3.63, 3.8) is 0 Å². The molecule has 0 aromatic carbocycles. The third-order valence-corrected chi connectivity index (χ3v) is 3.45. The molecule has 3 aromatic rings. The van der Waals surface area contributed by atoms with Gasteiger partial charge >= 0.3 is 0 Å². The molecule has 20 heavy (non-hydrogen) atoms. The first-order valence-electron chi connectivity index (χ1n) is 6.28. The Morgan fingerprint density at radius 2 is 2.25 bits per heavy atom. The van der Waals surface area contributed by atoms with Crippen LogP contribution in [-0.4, -0.2) is 24.7 Å². The minimum Gasteiger partial charge on any atom is -0.376 e. The molecule has 3 aromatic heterocycles. The average molecular weight is 333 g/mol. The first-order chi connectivity index (χ1) is 9.78. The lowest BCUT2D eigenvalue weighted by Gasteiger charge is -2.09. The molecular weight excluding hydrogens is 320 g/mol. The van der Waals surface area contributed by atoms with Gasteiger partial charge in [-0.25, -0.2) is 0 Å². The highest BCUT2D eigenvalue weighted by Gasteiger charge is 2.06. The Morgan fingerprint density at radius 3 is 3.10 bits per heavy atom. The predicted octanol–water partition coefficient (Wildman–Crippen LogP) is 2.62. The topological polar surface area (TPSA) is 68.5 Å². The van der Waals surface area contributed by atoms with Gasteiger partial charge in [0.1, 0.15) is 11.8 Å². The fourth-order valence-corrected chi connectivity index (χ4v) is 2.32. The SMILES string of the molecule is CCn1cnnc1CNc1ccnc2cc(Br)cnc12. The molecule has 0 radical (unpaired) electrons. The van der Waals surface area contributed by atoms with Crippen molar-refractivity contribution in [2.24, 2.45) is 0 Å². The van der Waals surface area contributed by atoms with E-state index < -0.39 is 0 Å². The van der Waals surface area contributed by atoms with Crippen molar-refractivity contribution in [2.75, 3.05) is 5.32 Å². The first-order valence-corrected chi connectivity index (χ1v) is 7.08. The number of pyridine rings is 2. The molecule has 102 valence electrons. The molecule has 0 fully saturated rings. The molecule has 0 bridgehead atoms. The molecule has 0 aliphatic carbocycles. The molecule has 0 aliphatic rings. The Balaban J connectivity index is 1.88. The second-order valence-corrected chi connectivity index (χ2v) is 5.18. The average Bonchev–Trinajstić information content (AvgIpc) is 2.92. The Morgan fingerprint density at radius 1 is 1.35 bits per heavy atom. The molecule has 1 N–H and O–H groups in total. The van der Waals surface area contributed by atoms with Crippen LogP contribution in [0.3, 0.4) is 0 Å². The zero-order valence-corrected chi connectivity index (χ0v) is 12.5. The number of nitrogens with one attached hydrogen (secondary N) is 1. The third kappa shape index (κ3) is 2.49. The quantitative estimate of drug-likeness (QED) is 0.795. The van der Waals surface area contributed by atoms with E-state index in [0.717, 1.165) is 33.6 Å². The number of hydrogen-bond donors (Lipinski definition) is 1. The van der Waals surface area contributed by atoms with E-state index in [2.05, 4.69) is 48.3 Å². The van der Waals surface area contributed by atoms with Gasteiger partial charge in [0, 0.05) is 23.4 Å². The van der Waals surface area contributed by atoms with Gasteiger partial charge in [-0.3, -0.25) is 9.97 Å². The van der Waals surface area contributed by atoms with Crippen LogP contribution < -0.4 is 5.32 Å².